The fraction of sp³-hybridized carbons (Fsp3) is 0.778. The Labute approximate surface area is 140 Å². The number of carbonyl (C=O) groups excluding carboxylic acids is 1. The number of likely N-dealkylation sites (tertiary alicyclic amines) is 1. The van der Waals surface area contributed by atoms with Crippen LogP contribution in [0, 0.1) is 25.7 Å². The highest BCUT2D eigenvalue weighted by atomic mass is 16.2. The van der Waals surface area contributed by atoms with E-state index in [0.29, 0.717) is 18.3 Å². The van der Waals surface area contributed by atoms with Crippen molar-refractivity contribution in [3.63, 3.8) is 0 Å². The monoisotopic (exact) mass is 320 g/mol. The Morgan fingerprint density at radius 2 is 2.13 bits per heavy atom. The number of hydrogen-bond acceptors (Lipinski definition) is 3. The Morgan fingerprint density at radius 3 is 2.78 bits per heavy atom. The quantitative estimate of drug-likeness (QED) is 0.874. The summed E-state index contributed by atoms with van der Waals surface area (Å²) in [6.07, 6.45) is 2.82. The lowest BCUT2D eigenvalue weighted by Gasteiger charge is -2.32. The number of carbonyl (C=O) groups is 1. The molecule has 1 atom stereocenters. The summed E-state index contributed by atoms with van der Waals surface area (Å²) in [6, 6.07) is 0. The molecule has 1 aromatic rings. The van der Waals surface area contributed by atoms with Gasteiger partial charge in [0.25, 0.3) is 0 Å². The molecule has 0 aliphatic carbocycles. The average Bonchev–Trinajstić information content (AvgIpc) is 2.75. The van der Waals surface area contributed by atoms with Crippen LogP contribution in [0.25, 0.3) is 0 Å². The van der Waals surface area contributed by atoms with Crippen LogP contribution in [0.4, 0.5) is 0 Å². The maximum absolute atomic E-state index is 12.7. The molecule has 0 aromatic carbocycles. The third-order valence-corrected chi connectivity index (χ3v) is 4.76. The van der Waals surface area contributed by atoms with Crippen LogP contribution in [0.15, 0.2) is 0 Å². The molecule has 5 heteroatoms. The molecule has 1 aliphatic rings. The first kappa shape index (κ1) is 18.0. The Morgan fingerprint density at radius 1 is 1.39 bits per heavy atom. The molecule has 1 unspecified atom stereocenters. The number of aryl methyl sites for hydroxylation is 1. The summed E-state index contributed by atoms with van der Waals surface area (Å²) in [4.78, 5) is 14.8. The largest absolute Gasteiger partial charge is 0.342 e. The molecule has 0 saturated carbocycles. The van der Waals surface area contributed by atoms with E-state index in [1.165, 1.54) is 6.42 Å². The van der Waals surface area contributed by atoms with E-state index in [1.807, 2.05) is 18.9 Å². The maximum Gasteiger partial charge on any atom is 0.227 e. The van der Waals surface area contributed by atoms with Crippen molar-refractivity contribution in [2.24, 2.45) is 11.8 Å². The fourth-order valence-corrected chi connectivity index (χ4v) is 3.52. The van der Waals surface area contributed by atoms with Gasteiger partial charge in [0.15, 0.2) is 0 Å². The molecule has 5 nitrogen and oxygen atoms in total. The van der Waals surface area contributed by atoms with E-state index in [0.717, 1.165) is 49.6 Å². The Bertz CT molecular complexity index is 533. The Hall–Kier alpha value is -1.36. The van der Waals surface area contributed by atoms with E-state index in [9.17, 15) is 4.79 Å². The van der Waals surface area contributed by atoms with Crippen LogP contribution < -0.4 is 5.32 Å². The van der Waals surface area contributed by atoms with Crippen molar-refractivity contribution in [2.45, 2.75) is 53.5 Å². The van der Waals surface area contributed by atoms with E-state index in [-0.39, 0.29) is 5.91 Å². The van der Waals surface area contributed by atoms with Crippen molar-refractivity contribution < 1.29 is 4.79 Å². The highest BCUT2D eigenvalue weighted by Crippen LogP contribution is 2.20. The lowest BCUT2D eigenvalue weighted by Crippen LogP contribution is -2.43. The standard InChI is InChI=1S/C18H32N4O/c1-13(2)11-22-15(4)17(14(3)20-22)9-18(23)21-8-6-7-16(12-21)10-19-5/h13,16,19H,6-12H2,1-5H3. The molecule has 130 valence electrons. The van der Waals surface area contributed by atoms with Gasteiger partial charge in [-0.15, -0.1) is 0 Å². The second-order valence-corrected chi connectivity index (χ2v) is 7.31. The first-order valence-electron chi connectivity index (χ1n) is 8.87. The van der Waals surface area contributed by atoms with E-state index in [4.69, 9.17) is 0 Å². The first-order chi connectivity index (χ1) is 10.9. The predicted molar refractivity (Wildman–Crippen MR) is 93.5 cm³/mol. The molecule has 0 bridgehead atoms. The zero-order valence-corrected chi connectivity index (χ0v) is 15.4. The van der Waals surface area contributed by atoms with Crippen LogP contribution >= 0.6 is 0 Å². The van der Waals surface area contributed by atoms with Crippen molar-refractivity contribution in [3.8, 4) is 0 Å². The molecule has 1 saturated heterocycles. The molecular formula is C18H32N4O. The fourth-order valence-electron chi connectivity index (χ4n) is 3.52. The summed E-state index contributed by atoms with van der Waals surface area (Å²) < 4.78 is 2.06. The SMILES string of the molecule is CNCC1CCCN(C(=O)Cc2c(C)nn(CC(C)C)c2C)C1. The zero-order chi connectivity index (χ0) is 17.0. The number of piperidine rings is 1. The summed E-state index contributed by atoms with van der Waals surface area (Å²) >= 11 is 0. The number of aromatic nitrogens is 2. The molecule has 1 N–H and O–H groups in total. The van der Waals surface area contributed by atoms with Gasteiger partial charge in [0, 0.05) is 30.9 Å². The first-order valence-corrected chi connectivity index (χ1v) is 8.87. The topological polar surface area (TPSA) is 50.2 Å². The van der Waals surface area contributed by atoms with Gasteiger partial charge in [0.1, 0.15) is 0 Å². The Kier molecular flexibility index (Phi) is 6.22. The van der Waals surface area contributed by atoms with Crippen molar-refractivity contribution in [1.29, 1.82) is 0 Å². The molecule has 0 radical (unpaired) electrons. The molecule has 23 heavy (non-hydrogen) atoms. The minimum atomic E-state index is 0.251. The van der Waals surface area contributed by atoms with Gasteiger partial charge in [0.05, 0.1) is 12.1 Å². The number of nitrogens with zero attached hydrogens (tertiary/aromatic N) is 3. The summed E-state index contributed by atoms with van der Waals surface area (Å²) in [5.41, 5.74) is 3.26. The van der Waals surface area contributed by atoms with Crippen molar-refractivity contribution in [1.82, 2.24) is 20.0 Å². The highest BCUT2D eigenvalue weighted by molar-refractivity contribution is 5.79. The van der Waals surface area contributed by atoms with Crippen LogP contribution in [0.1, 0.15) is 43.6 Å². The molecule has 1 aromatic heterocycles. The van der Waals surface area contributed by atoms with Crippen LogP contribution in [-0.4, -0.2) is 47.3 Å². The number of amides is 1. The van der Waals surface area contributed by atoms with Gasteiger partial charge in [-0.1, -0.05) is 13.8 Å². The number of hydrogen-bond donors (Lipinski definition) is 1. The molecule has 0 spiro atoms. The van der Waals surface area contributed by atoms with Crippen LogP contribution in [0.5, 0.6) is 0 Å². The molecule has 2 heterocycles. The van der Waals surface area contributed by atoms with Gasteiger partial charge in [-0.25, -0.2) is 0 Å². The maximum atomic E-state index is 12.7. The molecule has 1 fully saturated rings. The molecular weight excluding hydrogens is 288 g/mol. The lowest BCUT2D eigenvalue weighted by atomic mass is 9.97. The van der Waals surface area contributed by atoms with Gasteiger partial charge in [0.2, 0.25) is 5.91 Å². The van der Waals surface area contributed by atoms with Crippen LogP contribution in [-0.2, 0) is 17.8 Å². The van der Waals surface area contributed by atoms with Crippen LogP contribution in [0.3, 0.4) is 0 Å². The second-order valence-electron chi connectivity index (χ2n) is 7.31. The predicted octanol–water partition coefficient (Wildman–Crippen LogP) is 2.16. The van der Waals surface area contributed by atoms with Gasteiger partial charge in [-0.05, 0) is 52.1 Å². The highest BCUT2D eigenvalue weighted by Gasteiger charge is 2.25. The second kappa shape index (κ2) is 7.95. The lowest BCUT2D eigenvalue weighted by molar-refractivity contribution is -0.132. The number of rotatable bonds is 6. The number of nitrogens with one attached hydrogen (secondary N) is 1. The van der Waals surface area contributed by atoms with E-state index >= 15 is 0 Å². The molecule has 1 amide bonds. The van der Waals surface area contributed by atoms with Crippen molar-refractivity contribution in [2.75, 3.05) is 26.7 Å². The van der Waals surface area contributed by atoms with Crippen molar-refractivity contribution >= 4 is 5.91 Å². The van der Waals surface area contributed by atoms with E-state index < -0.39 is 0 Å². The zero-order valence-electron chi connectivity index (χ0n) is 15.4. The van der Waals surface area contributed by atoms with Crippen molar-refractivity contribution in [3.05, 3.63) is 17.0 Å². The van der Waals surface area contributed by atoms with Crippen LogP contribution in [0.2, 0.25) is 0 Å². The minimum absolute atomic E-state index is 0.251. The van der Waals surface area contributed by atoms with Gasteiger partial charge >= 0.3 is 0 Å². The molecule has 2 rings (SSSR count). The Balaban J connectivity index is 2.04. The van der Waals surface area contributed by atoms with Gasteiger partial charge in [-0.3, -0.25) is 9.48 Å². The van der Waals surface area contributed by atoms with Gasteiger partial charge in [-0.2, -0.15) is 5.10 Å². The summed E-state index contributed by atoms with van der Waals surface area (Å²) in [5.74, 6) is 1.39. The normalized spacial score (nSPS) is 18.7. The average molecular weight is 320 g/mol. The summed E-state index contributed by atoms with van der Waals surface area (Å²) in [6.45, 7) is 12.2. The third kappa shape index (κ3) is 4.56. The molecule has 1 aliphatic heterocycles. The smallest absolute Gasteiger partial charge is 0.227 e. The summed E-state index contributed by atoms with van der Waals surface area (Å²) in [5, 5.41) is 7.86. The van der Waals surface area contributed by atoms with E-state index in [2.05, 4.69) is 35.9 Å². The third-order valence-electron chi connectivity index (χ3n) is 4.76. The minimum Gasteiger partial charge on any atom is -0.342 e. The van der Waals surface area contributed by atoms with E-state index in [1.54, 1.807) is 0 Å². The summed E-state index contributed by atoms with van der Waals surface area (Å²) in [7, 11) is 1.98. The van der Waals surface area contributed by atoms with Gasteiger partial charge < -0.3 is 10.2 Å².